The van der Waals surface area contributed by atoms with Crippen molar-refractivity contribution < 1.29 is 4.79 Å². The molecule has 1 amide bonds. The molecule has 0 aliphatic carbocycles. The quantitative estimate of drug-likeness (QED) is 0.743. The maximum absolute atomic E-state index is 12.1. The van der Waals surface area contributed by atoms with E-state index in [9.17, 15) is 4.79 Å². The molecule has 5 nitrogen and oxygen atoms in total. The van der Waals surface area contributed by atoms with Crippen LogP contribution >= 0.6 is 23.2 Å². The molecule has 1 aromatic carbocycles. The molecule has 0 bridgehead atoms. The van der Waals surface area contributed by atoms with Gasteiger partial charge in [-0.15, -0.1) is 0 Å². The summed E-state index contributed by atoms with van der Waals surface area (Å²) in [6.07, 6.45) is 5.76. The van der Waals surface area contributed by atoms with Crippen LogP contribution in [-0.2, 0) is 11.2 Å². The van der Waals surface area contributed by atoms with Gasteiger partial charge >= 0.3 is 0 Å². The third-order valence-corrected chi connectivity index (χ3v) is 4.02. The molecule has 0 saturated heterocycles. The highest BCUT2D eigenvalue weighted by atomic mass is 35.5. The first-order valence-electron chi connectivity index (χ1n) is 7.32. The standard InChI is InChI=1S/C17H14Cl2N4O/c18-13-3-1-2-12(10-13)4-5-16(24)22-15-11-21-23(17(15)19)14-6-8-20-9-7-14/h1-3,6-11H,4-5H2,(H,22,24). The minimum absolute atomic E-state index is 0.133. The fourth-order valence-electron chi connectivity index (χ4n) is 2.25. The zero-order valence-electron chi connectivity index (χ0n) is 12.6. The number of pyridine rings is 1. The number of anilines is 1. The number of carbonyl (C=O) groups excluding carboxylic acids is 1. The van der Waals surface area contributed by atoms with Gasteiger partial charge in [0.05, 0.1) is 17.6 Å². The molecule has 0 spiro atoms. The predicted molar refractivity (Wildman–Crippen MR) is 94.8 cm³/mol. The lowest BCUT2D eigenvalue weighted by atomic mass is 10.1. The van der Waals surface area contributed by atoms with Crippen molar-refractivity contribution in [3.8, 4) is 5.69 Å². The van der Waals surface area contributed by atoms with Gasteiger partial charge < -0.3 is 5.32 Å². The topological polar surface area (TPSA) is 59.8 Å². The van der Waals surface area contributed by atoms with Crippen LogP contribution in [0.15, 0.2) is 55.0 Å². The Balaban J connectivity index is 1.64. The van der Waals surface area contributed by atoms with Gasteiger partial charge in [-0.1, -0.05) is 35.3 Å². The highest BCUT2D eigenvalue weighted by molar-refractivity contribution is 6.33. The zero-order chi connectivity index (χ0) is 16.9. The van der Waals surface area contributed by atoms with Crippen molar-refractivity contribution in [3.63, 3.8) is 0 Å². The number of aryl methyl sites for hydroxylation is 1. The van der Waals surface area contributed by atoms with Crippen molar-refractivity contribution >= 4 is 34.8 Å². The summed E-state index contributed by atoms with van der Waals surface area (Å²) in [5.41, 5.74) is 2.26. The van der Waals surface area contributed by atoms with E-state index >= 15 is 0 Å². The van der Waals surface area contributed by atoms with Crippen LogP contribution in [0.4, 0.5) is 5.69 Å². The Bertz CT molecular complexity index is 849. The molecule has 0 aliphatic rings. The van der Waals surface area contributed by atoms with Crippen LogP contribution in [0, 0.1) is 0 Å². The molecule has 0 saturated carbocycles. The van der Waals surface area contributed by atoms with E-state index in [1.54, 1.807) is 30.6 Å². The van der Waals surface area contributed by atoms with Crippen molar-refractivity contribution in [2.75, 3.05) is 5.32 Å². The molecule has 0 atom stereocenters. The van der Waals surface area contributed by atoms with Gasteiger partial charge in [-0.2, -0.15) is 5.10 Å². The third kappa shape index (κ3) is 3.93. The van der Waals surface area contributed by atoms with Crippen molar-refractivity contribution in [2.45, 2.75) is 12.8 Å². The molecular weight excluding hydrogens is 347 g/mol. The Morgan fingerprint density at radius 3 is 2.71 bits per heavy atom. The summed E-state index contributed by atoms with van der Waals surface area (Å²) in [6.45, 7) is 0. The first-order valence-corrected chi connectivity index (χ1v) is 8.07. The average Bonchev–Trinajstić information content (AvgIpc) is 2.95. The Kier molecular flexibility index (Phi) is 5.13. The van der Waals surface area contributed by atoms with Crippen molar-refractivity contribution in [2.24, 2.45) is 0 Å². The van der Waals surface area contributed by atoms with Crippen molar-refractivity contribution in [1.29, 1.82) is 0 Å². The summed E-state index contributed by atoms with van der Waals surface area (Å²) in [7, 11) is 0. The molecule has 3 rings (SSSR count). The van der Waals surface area contributed by atoms with Crippen LogP contribution in [0.2, 0.25) is 10.2 Å². The highest BCUT2D eigenvalue weighted by Crippen LogP contribution is 2.24. The van der Waals surface area contributed by atoms with E-state index in [0.717, 1.165) is 11.3 Å². The number of carbonyl (C=O) groups is 1. The van der Waals surface area contributed by atoms with Gasteiger partial charge in [-0.05, 0) is 36.2 Å². The summed E-state index contributed by atoms with van der Waals surface area (Å²) in [4.78, 5) is 16.1. The summed E-state index contributed by atoms with van der Waals surface area (Å²) in [5.74, 6) is -0.133. The smallest absolute Gasteiger partial charge is 0.224 e. The van der Waals surface area contributed by atoms with Gasteiger partial charge in [0.2, 0.25) is 5.91 Å². The minimum atomic E-state index is -0.133. The first kappa shape index (κ1) is 16.5. The second-order valence-corrected chi connectivity index (χ2v) is 5.94. The molecule has 0 aliphatic heterocycles. The number of amides is 1. The summed E-state index contributed by atoms with van der Waals surface area (Å²) >= 11 is 12.2. The van der Waals surface area contributed by atoms with Crippen LogP contribution in [0.25, 0.3) is 5.69 Å². The lowest BCUT2D eigenvalue weighted by Gasteiger charge is -2.05. The number of nitrogens with zero attached hydrogens (tertiary/aromatic N) is 3. The molecule has 2 heterocycles. The fourth-order valence-corrected chi connectivity index (χ4v) is 2.70. The summed E-state index contributed by atoms with van der Waals surface area (Å²) in [6, 6.07) is 11.0. The predicted octanol–water partition coefficient (Wildman–Crippen LogP) is 4.15. The maximum Gasteiger partial charge on any atom is 0.224 e. The van der Waals surface area contributed by atoms with E-state index in [-0.39, 0.29) is 5.91 Å². The largest absolute Gasteiger partial charge is 0.322 e. The van der Waals surface area contributed by atoms with Gasteiger partial charge in [-0.25, -0.2) is 4.68 Å². The highest BCUT2D eigenvalue weighted by Gasteiger charge is 2.12. The molecule has 2 aromatic heterocycles. The number of hydrogen-bond acceptors (Lipinski definition) is 3. The van der Waals surface area contributed by atoms with E-state index in [1.807, 2.05) is 18.2 Å². The monoisotopic (exact) mass is 360 g/mol. The number of benzene rings is 1. The number of aromatic nitrogens is 3. The lowest BCUT2D eigenvalue weighted by molar-refractivity contribution is -0.116. The first-order chi connectivity index (χ1) is 11.6. The Morgan fingerprint density at radius 1 is 1.17 bits per heavy atom. The van der Waals surface area contributed by atoms with Gasteiger partial charge in [-0.3, -0.25) is 9.78 Å². The second-order valence-electron chi connectivity index (χ2n) is 5.14. The molecule has 3 aromatic rings. The molecule has 0 fully saturated rings. The van der Waals surface area contributed by atoms with E-state index < -0.39 is 0 Å². The Labute approximate surface area is 149 Å². The van der Waals surface area contributed by atoms with Crippen LogP contribution < -0.4 is 5.32 Å². The van der Waals surface area contributed by atoms with E-state index in [1.165, 1.54) is 10.9 Å². The van der Waals surface area contributed by atoms with Gasteiger partial charge in [0.15, 0.2) is 5.15 Å². The van der Waals surface area contributed by atoms with Gasteiger partial charge in [0, 0.05) is 23.8 Å². The minimum Gasteiger partial charge on any atom is -0.322 e. The molecule has 7 heteroatoms. The summed E-state index contributed by atoms with van der Waals surface area (Å²) < 4.78 is 1.54. The maximum atomic E-state index is 12.1. The van der Waals surface area contributed by atoms with Crippen LogP contribution in [0.5, 0.6) is 0 Å². The normalized spacial score (nSPS) is 10.6. The number of halogens is 2. The van der Waals surface area contributed by atoms with E-state index in [4.69, 9.17) is 23.2 Å². The SMILES string of the molecule is O=C(CCc1cccc(Cl)c1)Nc1cnn(-c2ccncc2)c1Cl. The second kappa shape index (κ2) is 7.47. The Hall–Kier alpha value is -2.37. The van der Waals surface area contributed by atoms with Crippen LogP contribution in [0.3, 0.4) is 0 Å². The van der Waals surface area contributed by atoms with Crippen molar-refractivity contribution in [3.05, 3.63) is 70.7 Å². The Morgan fingerprint density at radius 2 is 1.96 bits per heavy atom. The molecular formula is C17H14Cl2N4O. The zero-order valence-corrected chi connectivity index (χ0v) is 14.1. The molecule has 122 valence electrons. The summed E-state index contributed by atoms with van der Waals surface area (Å²) in [5, 5.41) is 7.98. The van der Waals surface area contributed by atoms with Gasteiger partial charge in [0.25, 0.3) is 0 Å². The van der Waals surface area contributed by atoms with Crippen LogP contribution in [-0.4, -0.2) is 20.7 Å². The molecule has 24 heavy (non-hydrogen) atoms. The van der Waals surface area contributed by atoms with E-state index in [0.29, 0.717) is 28.7 Å². The number of nitrogens with one attached hydrogen (secondary N) is 1. The number of rotatable bonds is 5. The number of hydrogen-bond donors (Lipinski definition) is 1. The van der Waals surface area contributed by atoms with Crippen molar-refractivity contribution in [1.82, 2.24) is 14.8 Å². The van der Waals surface area contributed by atoms with E-state index in [2.05, 4.69) is 15.4 Å². The third-order valence-electron chi connectivity index (χ3n) is 3.42. The fraction of sp³-hybridized carbons (Fsp3) is 0.118. The average molecular weight is 361 g/mol. The lowest BCUT2D eigenvalue weighted by Crippen LogP contribution is -2.12. The van der Waals surface area contributed by atoms with Gasteiger partial charge in [0.1, 0.15) is 0 Å². The molecule has 1 N–H and O–H groups in total. The molecule has 0 radical (unpaired) electrons. The molecule has 0 unspecified atom stereocenters. The van der Waals surface area contributed by atoms with Crippen LogP contribution in [0.1, 0.15) is 12.0 Å².